The predicted octanol–water partition coefficient (Wildman–Crippen LogP) is 13.3. The molecule has 0 N–H and O–H groups in total. The van der Waals surface area contributed by atoms with Gasteiger partial charge in [0.05, 0.1) is 11.1 Å². The van der Waals surface area contributed by atoms with Gasteiger partial charge in [-0.1, -0.05) is 99.5 Å². The summed E-state index contributed by atoms with van der Waals surface area (Å²) in [5, 5.41) is 0. The van der Waals surface area contributed by atoms with Crippen LogP contribution in [-0.4, -0.2) is 11.1 Å². The Labute approximate surface area is 315 Å². The van der Waals surface area contributed by atoms with Gasteiger partial charge in [0.2, 0.25) is 0 Å². The number of hydrogen-bond acceptors (Lipinski definition) is 2. The van der Waals surface area contributed by atoms with E-state index in [4.69, 9.17) is 0 Å². The van der Waals surface area contributed by atoms with E-state index in [0.29, 0.717) is 0 Å². The standard InChI is InChI=1S/C51H48N2/c1-48-25-11-27-50(48,3)52(40-13-7-5-8-14-40)46-23-21-36(32-44(46)48)34-17-19-38-29-39-20-18-35(31-43(39)42(38)30-34)37-22-24-47-45(33-37)49(2)26-12-28-51(49,4)53(47)41-15-9-6-10-16-41/h5-10,13-24,30-33H,11-12,25-29H2,1-4H3. The molecule has 6 aromatic rings. The molecule has 0 aromatic heterocycles. The van der Waals surface area contributed by atoms with Crippen LogP contribution in [0, 0.1) is 0 Å². The highest BCUT2D eigenvalue weighted by Gasteiger charge is 2.60. The first-order valence-electron chi connectivity index (χ1n) is 20.0. The van der Waals surface area contributed by atoms with Gasteiger partial charge in [0.25, 0.3) is 0 Å². The molecule has 0 spiro atoms. The highest BCUT2D eigenvalue weighted by molar-refractivity contribution is 5.87. The lowest BCUT2D eigenvalue weighted by Gasteiger charge is -2.42. The zero-order valence-electron chi connectivity index (χ0n) is 31.5. The van der Waals surface area contributed by atoms with Gasteiger partial charge < -0.3 is 9.80 Å². The van der Waals surface area contributed by atoms with Crippen LogP contribution in [0.5, 0.6) is 0 Å². The Morgan fingerprint density at radius 1 is 0.415 bits per heavy atom. The molecule has 2 heterocycles. The molecule has 0 saturated heterocycles. The summed E-state index contributed by atoms with van der Waals surface area (Å²) in [6, 6.07) is 51.3. The van der Waals surface area contributed by atoms with Crippen molar-refractivity contribution in [3.05, 3.63) is 156 Å². The van der Waals surface area contributed by atoms with Gasteiger partial charge in [0, 0.05) is 33.6 Å². The van der Waals surface area contributed by atoms with Gasteiger partial charge in [-0.15, -0.1) is 0 Å². The predicted molar refractivity (Wildman–Crippen MR) is 222 cm³/mol. The largest absolute Gasteiger partial charge is 0.334 e. The van der Waals surface area contributed by atoms with E-state index in [1.807, 2.05) is 0 Å². The lowest BCUT2D eigenvalue weighted by Crippen LogP contribution is -2.48. The minimum Gasteiger partial charge on any atom is -0.334 e. The molecule has 2 fully saturated rings. The van der Waals surface area contributed by atoms with Crippen LogP contribution >= 0.6 is 0 Å². The van der Waals surface area contributed by atoms with E-state index in [2.05, 4.69) is 171 Å². The molecule has 262 valence electrons. The number of benzene rings is 6. The molecule has 2 heteroatoms. The van der Waals surface area contributed by atoms with E-state index in [-0.39, 0.29) is 21.9 Å². The van der Waals surface area contributed by atoms with Crippen molar-refractivity contribution < 1.29 is 0 Å². The van der Waals surface area contributed by atoms with Crippen LogP contribution in [0.2, 0.25) is 0 Å². The van der Waals surface area contributed by atoms with Gasteiger partial charge >= 0.3 is 0 Å². The topological polar surface area (TPSA) is 6.48 Å². The SMILES string of the molecule is CC12CCCC1(C)N(c1ccccc1)c1ccc(-c3ccc4c(c3)-c3cc(-c5ccc6c(c5)C5(C)CCCC5(C)N6c5ccccc5)ccc3C4)cc12. The highest BCUT2D eigenvalue weighted by atomic mass is 15.3. The molecule has 2 nitrogen and oxygen atoms in total. The molecule has 2 aliphatic heterocycles. The molecule has 6 aromatic carbocycles. The Kier molecular flexibility index (Phi) is 6.38. The zero-order valence-corrected chi connectivity index (χ0v) is 31.5. The minimum absolute atomic E-state index is 0.0772. The first-order valence-corrected chi connectivity index (χ1v) is 20.0. The fourth-order valence-electron chi connectivity index (χ4n) is 12.0. The van der Waals surface area contributed by atoms with Crippen molar-refractivity contribution in [2.45, 2.75) is 94.5 Å². The third-order valence-electron chi connectivity index (χ3n) is 15.3. The van der Waals surface area contributed by atoms with E-state index < -0.39 is 0 Å². The summed E-state index contributed by atoms with van der Waals surface area (Å²) < 4.78 is 0. The fourth-order valence-corrected chi connectivity index (χ4v) is 12.0. The summed E-state index contributed by atoms with van der Waals surface area (Å²) in [6.07, 6.45) is 8.44. The molecule has 4 unspecified atom stereocenters. The third-order valence-corrected chi connectivity index (χ3v) is 15.3. The molecule has 53 heavy (non-hydrogen) atoms. The zero-order chi connectivity index (χ0) is 35.7. The van der Waals surface area contributed by atoms with E-state index in [9.17, 15) is 0 Å². The minimum atomic E-state index is 0.0772. The second-order valence-electron chi connectivity index (χ2n) is 17.6. The van der Waals surface area contributed by atoms with Gasteiger partial charge in [0.15, 0.2) is 0 Å². The van der Waals surface area contributed by atoms with Gasteiger partial charge in [-0.05, 0) is 162 Å². The molecule has 0 bridgehead atoms. The maximum absolute atomic E-state index is 2.66. The van der Waals surface area contributed by atoms with Crippen molar-refractivity contribution in [1.82, 2.24) is 0 Å². The maximum atomic E-state index is 2.66. The third kappa shape index (κ3) is 4.05. The second-order valence-corrected chi connectivity index (χ2v) is 17.6. The van der Waals surface area contributed by atoms with Crippen molar-refractivity contribution in [1.29, 1.82) is 0 Å². The molecular weight excluding hydrogens is 641 g/mol. The van der Waals surface area contributed by atoms with Crippen molar-refractivity contribution in [2.75, 3.05) is 9.80 Å². The first kappa shape index (κ1) is 31.4. The van der Waals surface area contributed by atoms with E-state index in [1.165, 1.54) is 117 Å². The lowest BCUT2D eigenvalue weighted by atomic mass is 9.72. The van der Waals surface area contributed by atoms with Crippen LogP contribution in [0.1, 0.15) is 88.5 Å². The molecule has 0 radical (unpaired) electrons. The van der Waals surface area contributed by atoms with E-state index in [0.717, 1.165) is 6.42 Å². The molecule has 0 amide bonds. The summed E-state index contributed by atoms with van der Waals surface area (Å²) in [5.41, 5.74) is 19.8. The second kappa shape index (κ2) is 10.8. The average Bonchev–Trinajstić information content (AvgIpc) is 3.90. The molecule has 11 rings (SSSR count). The number of hydrogen-bond donors (Lipinski definition) is 0. The van der Waals surface area contributed by atoms with Crippen LogP contribution in [0.25, 0.3) is 33.4 Å². The van der Waals surface area contributed by atoms with Crippen LogP contribution in [-0.2, 0) is 17.3 Å². The highest BCUT2D eigenvalue weighted by Crippen LogP contribution is 2.64. The molecule has 4 atom stereocenters. The molecular formula is C51H48N2. The fraction of sp³-hybridized carbons (Fsp3) is 0.294. The van der Waals surface area contributed by atoms with Crippen LogP contribution in [0.4, 0.5) is 22.7 Å². The van der Waals surface area contributed by atoms with Crippen molar-refractivity contribution in [3.63, 3.8) is 0 Å². The molecule has 3 aliphatic carbocycles. The Hall–Kier alpha value is -5.08. The monoisotopic (exact) mass is 688 g/mol. The van der Waals surface area contributed by atoms with Crippen LogP contribution < -0.4 is 9.80 Å². The first-order chi connectivity index (χ1) is 25.7. The number of fused-ring (bicyclic) bond motifs is 9. The summed E-state index contributed by atoms with van der Waals surface area (Å²) in [5.74, 6) is 0. The summed E-state index contributed by atoms with van der Waals surface area (Å²) in [4.78, 5) is 5.32. The van der Waals surface area contributed by atoms with Gasteiger partial charge in [0.1, 0.15) is 0 Å². The van der Waals surface area contributed by atoms with Crippen molar-refractivity contribution in [3.8, 4) is 33.4 Å². The number of nitrogens with zero attached hydrogens (tertiary/aromatic N) is 2. The van der Waals surface area contributed by atoms with Gasteiger partial charge in [-0.3, -0.25) is 0 Å². The Morgan fingerprint density at radius 2 is 0.811 bits per heavy atom. The maximum Gasteiger partial charge on any atom is 0.0517 e. The Morgan fingerprint density at radius 3 is 1.25 bits per heavy atom. The van der Waals surface area contributed by atoms with Crippen molar-refractivity contribution >= 4 is 22.7 Å². The summed E-state index contributed by atoms with van der Waals surface area (Å²) in [6.45, 7) is 10.1. The summed E-state index contributed by atoms with van der Waals surface area (Å²) in [7, 11) is 0. The van der Waals surface area contributed by atoms with E-state index in [1.54, 1.807) is 0 Å². The molecule has 5 aliphatic rings. The van der Waals surface area contributed by atoms with Crippen molar-refractivity contribution in [2.24, 2.45) is 0 Å². The Balaban J connectivity index is 0.974. The van der Waals surface area contributed by atoms with E-state index >= 15 is 0 Å². The normalized spacial score (nSPS) is 27.3. The average molecular weight is 689 g/mol. The molecule has 2 saturated carbocycles. The number of anilines is 4. The summed E-state index contributed by atoms with van der Waals surface area (Å²) >= 11 is 0. The van der Waals surface area contributed by atoms with Crippen LogP contribution in [0.3, 0.4) is 0 Å². The van der Waals surface area contributed by atoms with Gasteiger partial charge in [-0.2, -0.15) is 0 Å². The van der Waals surface area contributed by atoms with Gasteiger partial charge in [-0.25, -0.2) is 0 Å². The number of para-hydroxylation sites is 2. The smallest absolute Gasteiger partial charge is 0.0517 e. The van der Waals surface area contributed by atoms with Crippen LogP contribution in [0.15, 0.2) is 133 Å². The number of rotatable bonds is 4. The lowest BCUT2D eigenvalue weighted by molar-refractivity contribution is 0.330. The quantitative estimate of drug-likeness (QED) is 0.182. The Bertz CT molecular complexity index is 2290.